The molecule has 82 valence electrons. The first-order valence-electron chi connectivity index (χ1n) is 4.99. The van der Waals surface area contributed by atoms with Crippen molar-refractivity contribution in [3.8, 4) is 0 Å². The minimum absolute atomic E-state index is 0.235. The van der Waals surface area contributed by atoms with Gasteiger partial charge in [0.2, 0.25) is 5.82 Å². The van der Waals surface area contributed by atoms with E-state index in [1.54, 1.807) is 11.0 Å². The lowest BCUT2D eigenvalue weighted by Crippen LogP contribution is -2.12. The van der Waals surface area contributed by atoms with Gasteiger partial charge in [-0.25, -0.2) is 4.98 Å². The summed E-state index contributed by atoms with van der Waals surface area (Å²) in [5.41, 5.74) is 6.70. The number of hydrogen-bond acceptors (Lipinski definition) is 3. The van der Waals surface area contributed by atoms with Crippen LogP contribution in [0, 0.1) is 0 Å². The number of hydrogen-bond donors (Lipinski definition) is 1. The van der Waals surface area contributed by atoms with Gasteiger partial charge in [-0.2, -0.15) is 0 Å². The third kappa shape index (κ3) is 2.64. The van der Waals surface area contributed by atoms with E-state index in [9.17, 15) is 0 Å². The molecule has 0 atom stereocenters. The highest BCUT2D eigenvalue weighted by Crippen LogP contribution is 2.01. The van der Waals surface area contributed by atoms with Crippen LogP contribution in [0.1, 0.15) is 11.4 Å². The van der Waals surface area contributed by atoms with E-state index < -0.39 is 0 Å². The maximum Gasteiger partial charge on any atom is 0.208 e. The van der Waals surface area contributed by atoms with Gasteiger partial charge in [0, 0.05) is 6.54 Å². The number of aryl methyl sites for hydroxylation is 2. The predicted molar refractivity (Wildman–Crippen MR) is 66.1 cm³/mol. The molecular formula is C11H12N4S. The molecule has 16 heavy (non-hydrogen) atoms. The van der Waals surface area contributed by atoms with Crippen LogP contribution in [0.25, 0.3) is 0 Å². The van der Waals surface area contributed by atoms with Crippen LogP contribution in [0.3, 0.4) is 0 Å². The van der Waals surface area contributed by atoms with Gasteiger partial charge in [-0.05, 0) is 12.0 Å². The third-order valence-electron chi connectivity index (χ3n) is 2.23. The molecule has 0 fully saturated rings. The summed E-state index contributed by atoms with van der Waals surface area (Å²) >= 11 is 4.79. The number of nitrogens with two attached hydrogens (primary N) is 1. The van der Waals surface area contributed by atoms with Crippen LogP contribution in [-0.2, 0) is 13.0 Å². The molecule has 1 aromatic heterocycles. The molecule has 0 unspecified atom stereocenters. The minimum Gasteiger partial charge on any atom is -0.387 e. The quantitative estimate of drug-likeness (QED) is 0.804. The first-order chi connectivity index (χ1) is 7.75. The van der Waals surface area contributed by atoms with Crippen LogP contribution < -0.4 is 5.73 Å². The van der Waals surface area contributed by atoms with Crippen molar-refractivity contribution >= 4 is 17.2 Å². The number of thiocarbonyl (C=S) groups is 1. The number of nitrogens with zero attached hydrogens (tertiary/aromatic N) is 3. The molecule has 0 saturated carbocycles. The predicted octanol–water partition coefficient (Wildman–Crippen LogP) is 1.16. The monoisotopic (exact) mass is 232 g/mol. The molecule has 1 aromatic carbocycles. The summed E-state index contributed by atoms with van der Waals surface area (Å²) in [6.07, 6.45) is 2.57. The lowest BCUT2D eigenvalue weighted by molar-refractivity contribution is 0.612. The zero-order valence-corrected chi connectivity index (χ0v) is 9.52. The largest absolute Gasteiger partial charge is 0.387 e. The normalized spacial score (nSPS) is 10.2. The van der Waals surface area contributed by atoms with E-state index in [0.29, 0.717) is 5.82 Å². The Morgan fingerprint density at radius 3 is 2.69 bits per heavy atom. The molecule has 2 aromatic rings. The second kappa shape index (κ2) is 4.85. The van der Waals surface area contributed by atoms with Gasteiger partial charge in [0.05, 0.1) is 0 Å². The highest BCUT2D eigenvalue weighted by atomic mass is 32.1. The van der Waals surface area contributed by atoms with E-state index >= 15 is 0 Å². The molecule has 2 rings (SSSR count). The summed E-state index contributed by atoms with van der Waals surface area (Å²) in [7, 11) is 0. The second-order valence-electron chi connectivity index (χ2n) is 3.43. The molecule has 0 amide bonds. The molecule has 4 nitrogen and oxygen atoms in total. The third-order valence-corrected chi connectivity index (χ3v) is 2.41. The zero-order valence-electron chi connectivity index (χ0n) is 8.71. The van der Waals surface area contributed by atoms with Gasteiger partial charge in [-0.3, -0.25) is 4.68 Å². The first kappa shape index (κ1) is 10.8. The molecule has 0 aliphatic rings. The van der Waals surface area contributed by atoms with Crippen molar-refractivity contribution in [3.63, 3.8) is 0 Å². The van der Waals surface area contributed by atoms with Gasteiger partial charge >= 0.3 is 0 Å². The molecule has 1 heterocycles. The Morgan fingerprint density at radius 1 is 1.31 bits per heavy atom. The van der Waals surface area contributed by atoms with Crippen LogP contribution >= 0.6 is 12.2 Å². The van der Waals surface area contributed by atoms with Gasteiger partial charge < -0.3 is 5.73 Å². The Morgan fingerprint density at radius 2 is 2.06 bits per heavy atom. The summed E-state index contributed by atoms with van der Waals surface area (Å²) in [5, 5.41) is 4.16. The van der Waals surface area contributed by atoms with Crippen LogP contribution in [0.2, 0.25) is 0 Å². The molecule has 2 N–H and O–H groups in total. The zero-order chi connectivity index (χ0) is 11.4. The Bertz CT molecular complexity index is 478. The molecular weight excluding hydrogens is 220 g/mol. The highest BCUT2D eigenvalue weighted by Gasteiger charge is 2.02. The SMILES string of the molecule is NC(=S)c1ncn(CCc2ccccc2)n1. The van der Waals surface area contributed by atoms with Gasteiger partial charge in [0.25, 0.3) is 0 Å². The smallest absolute Gasteiger partial charge is 0.208 e. The van der Waals surface area contributed by atoms with Crippen molar-refractivity contribution in [2.24, 2.45) is 5.73 Å². The number of benzene rings is 1. The topological polar surface area (TPSA) is 56.7 Å². The Kier molecular flexibility index (Phi) is 3.26. The fraction of sp³-hybridized carbons (Fsp3) is 0.182. The summed E-state index contributed by atoms with van der Waals surface area (Å²) in [6.45, 7) is 0.777. The van der Waals surface area contributed by atoms with Gasteiger partial charge in [-0.1, -0.05) is 42.5 Å². The fourth-order valence-corrected chi connectivity index (χ4v) is 1.50. The van der Waals surface area contributed by atoms with Crippen molar-refractivity contribution in [1.82, 2.24) is 14.8 Å². The Hall–Kier alpha value is -1.75. The summed E-state index contributed by atoms with van der Waals surface area (Å²) < 4.78 is 1.75. The first-order valence-corrected chi connectivity index (χ1v) is 5.40. The standard InChI is InChI=1S/C11H12N4S/c12-10(16)11-13-8-15(14-11)7-6-9-4-2-1-3-5-9/h1-5,8H,6-7H2,(H2,12,16). The van der Waals surface area contributed by atoms with Crippen molar-refractivity contribution < 1.29 is 0 Å². The minimum atomic E-state index is 0.235. The van der Waals surface area contributed by atoms with Gasteiger partial charge in [-0.15, -0.1) is 5.10 Å². The molecule has 5 heteroatoms. The van der Waals surface area contributed by atoms with E-state index in [1.807, 2.05) is 18.2 Å². The van der Waals surface area contributed by atoms with Crippen LogP contribution in [0.5, 0.6) is 0 Å². The Balaban J connectivity index is 1.97. The molecule has 0 bridgehead atoms. The lowest BCUT2D eigenvalue weighted by atomic mass is 10.2. The second-order valence-corrected chi connectivity index (χ2v) is 3.87. The van der Waals surface area contributed by atoms with E-state index in [4.69, 9.17) is 18.0 Å². The number of aromatic nitrogens is 3. The van der Waals surface area contributed by atoms with E-state index in [2.05, 4.69) is 22.2 Å². The van der Waals surface area contributed by atoms with Crippen LogP contribution in [-0.4, -0.2) is 19.8 Å². The van der Waals surface area contributed by atoms with Gasteiger partial charge in [0.1, 0.15) is 11.3 Å². The van der Waals surface area contributed by atoms with Crippen LogP contribution in [0.15, 0.2) is 36.7 Å². The van der Waals surface area contributed by atoms with E-state index in [1.165, 1.54) is 5.56 Å². The summed E-state index contributed by atoms with van der Waals surface area (Å²) in [4.78, 5) is 4.25. The summed E-state index contributed by atoms with van der Waals surface area (Å²) in [6, 6.07) is 10.2. The molecule has 0 saturated heterocycles. The molecule has 0 aliphatic heterocycles. The maximum atomic E-state index is 5.43. The average molecular weight is 232 g/mol. The van der Waals surface area contributed by atoms with Crippen molar-refractivity contribution in [3.05, 3.63) is 48.0 Å². The van der Waals surface area contributed by atoms with Crippen molar-refractivity contribution in [2.75, 3.05) is 0 Å². The van der Waals surface area contributed by atoms with Crippen LogP contribution in [0.4, 0.5) is 0 Å². The molecule has 0 radical (unpaired) electrons. The average Bonchev–Trinajstić information content (AvgIpc) is 2.76. The molecule has 0 aliphatic carbocycles. The Labute approximate surface area is 99.1 Å². The summed E-state index contributed by atoms with van der Waals surface area (Å²) in [5.74, 6) is 0.433. The van der Waals surface area contributed by atoms with E-state index in [0.717, 1.165) is 13.0 Å². The fourth-order valence-electron chi connectivity index (χ4n) is 1.40. The van der Waals surface area contributed by atoms with Crippen molar-refractivity contribution in [1.29, 1.82) is 0 Å². The number of rotatable bonds is 4. The maximum absolute atomic E-state index is 5.43. The van der Waals surface area contributed by atoms with E-state index in [-0.39, 0.29) is 4.99 Å². The van der Waals surface area contributed by atoms with Gasteiger partial charge in [0.15, 0.2) is 0 Å². The highest BCUT2D eigenvalue weighted by molar-refractivity contribution is 7.80. The van der Waals surface area contributed by atoms with Crippen molar-refractivity contribution in [2.45, 2.75) is 13.0 Å². The lowest BCUT2D eigenvalue weighted by Gasteiger charge is -2.00. The molecule has 0 spiro atoms.